The zero-order valence-corrected chi connectivity index (χ0v) is 26.6. The second kappa shape index (κ2) is 12.2. The Labute approximate surface area is 284 Å². The van der Waals surface area contributed by atoms with Gasteiger partial charge in [0.2, 0.25) is 0 Å². The maximum Gasteiger partial charge on any atom is 0.160 e. The molecule has 0 atom stereocenters. The molecule has 0 spiro atoms. The van der Waals surface area contributed by atoms with Gasteiger partial charge in [-0.15, -0.1) is 0 Å². The Hall–Kier alpha value is -6.58. The minimum atomic E-state index is 0.708. The fourth-order valence-electron chi connectivity index (χ4n) is 6.71. The van der Waals surface area contributed by atoms with Crippen LogP contribution in [0.25, 0.3) is 89.2 Å². The standard InChI is InChI=1S/C46H30N2O/c1-4-12-31(13-5-1)32-20-26-36(27-21-32)44-38(28-29-43-45(44)39-18-10-11-19-42(39)49-43)33-22-24-35(25-23-33)41-30-40(34-14-6-2-7-15-34)47-46(48-41)37-16-8-3-9-17-37/h1-30H. The summed E-state index contributed by atoms with van der Waals surface area (Å²) in [5, 5.41) is 2.24. The highest BCUT2D eigenvalue weighted by Gasteiger charge is 2.18. The lowest BCUT2D eigenvalue weighted by Gasteiger charge is -2.14. The SMILES string of the molecule is c1ccc(-c2ccc(-c3c(-c4ccc(-c5cc(-c6ccccc6)nc(-c6ccccc6)n5)cc4)ccc4oc5ccccc5c34)cc2)cc1. The normalized spacial score (nSPS) is 11.3. The van der Waals surface area contributed by atoms with Crippen molar-refractivity contribution in [2.75, 3.05) is 0 Å². The van der Waals surface area contributed by atoms with Gasteiger partial charge in [-0.05, 0) is 46.0 Å². The van der Waals surface area contributed by atoms with Crippen LogP contribution in [-0.2, 0) is 0 Å². The summed E-state index contributed by atoms with van der Waals surface area (Å²) in [6.07, 6.45) is 0. The molecule has 49 heavy (non-hydrogen) atoms. The quantitative estimate of drug-likeness (QED) is 0.184. The Bertz CT molecular complexity index is 2500. The van der Waals surface area contributed by atoms with Crippen molar-refractivity contribution in [2.45, 2.75) is 0 Å². The first-order valence-electron chi connectivity index (χ1n) is 16.5. The molecule has 0 saturated heterocycles. The van der Waals surface area contributed by atoms with Crippen molar-refractivity contribution in [3.8, 4) is 67.3 Å². The number of rotatable bonds is 6. The third kappa shape index (κ3) is 5.38. The maximum atomic E-state index is 6.36. The van der Waals surface area contributed by atoms with Crippen molar-refractivity contribution in [3.63, 3.8) is 0 Å². The number of nitrogens with zero attached hydrogens (tertiary/aromatic N) is 2. The smallest absolute Gasteiger partial charge is 0.160 e. The third-order valence-corrected chi connectivity index (χ3v) is 9.14. The summed E-state index contributed by atoms with van der Waals surface area (Å²) in [7, 11) is 0. The predicted molar refractivity (Wildman–Crippen MR) is 202 cm³/mol. The van der Waals surface area contributed by atoms with E-state index in [1.54, 1.807) is 0 Å². The van der Waals surface area contributed by atoms with Crippen LogP contribution in [0.15, 0.2) is 186 Å². The summed E-state index contributed by atoms with van der Waals surface area (Å²) >= 11 is 0. The van der Waals surface area contributed by atoms with E-state index in [2.05, 4.69) is 133 Å². The van der Waals surface area contributed by atoms with E-state index < -0.39 is 0 Å². The number of furan rings is 1. The molecule has 0 amide bonds. The summed E-state index contributed by atoms with van der Waals surface area (Å²) in [5.41, 5.74) is 13.6. The summed E-state index contributed by atoms with van der Waals surface area (Å²) in [6.45, 7) is 0. The van der Waals surface area contributed by atoms with E-state index in [0.29, 0.717) is 5.82 Å². The van der Waals surface area contributed by atoms with Crippen LogP contribution in [-0.4, -0.2) is 9.97 Å². The van der Waals surface area contributed by atoms with Gasteiger partial charge in [-0.25, -0.2) is 9.97 Å². The van der Waals surface area contributed by atoms with E-state index in [1.807, 2.05) is 48.5 Å². The highest BCUT2D eigenvalue weighted by atomic mass is 16.3. The molecule has 0 aliphatic carbocycles. The van der Waals surface area contributed by atoms with Crippen molar-refractivity contribution in [1.82, 2.24) is 9.97 Å². The lowest BCUT2D eigenvalue weighted by atomic mass is 9.89. The molecular formula is C46H30N2O. The van der Waals surface area contributed by atoms with Gasteiger partial charge in [0.05, 0.1) is 11.4 Å². The van der Waals surface area contributed by atoms with Gasteiger partial charge < -0.3 is 4.42 Å². The van der Waals surface area contributed by atoms with Crippen LogP contribution in [0, 0.1) is 0 Å². The minimum Gasteiger partial charge on any atom is -0.456 e. The Morgan fingerprint density at radius 2 is 0.837 bits per heavy atom. The fourth-order valence-corrected chi connectivity index (χ4v) is 6.71. The van der Waals surface area contributed by atoms with Crippen LogP contribution in [0.3, 0.4) is 0 Å². The molecule has 0 aliphatic heterocycles. The van der Waals surface area contributed by atoms with E-state index >= 15 is 0 Å². The maximum absolute atomic E-state index is 6.36. The first-order valence-corrected chi connectivity index (χ1v) is 16.5. The molecule has 2 heterocycles. The molecule has 0 radical (unpaired) electrons. The number of hydrogen-bond acceptors (Lipinski definition) is 3. The van der Waals surface area contributed by atoms with Crippen LogP contribution in [0.4, 0.5) is 0 Å². The lowest BCUT2D eigenvalue weighted by molar-refractivity contribution is 0.669. The van der Waals surface area contributed by atoms with Crippen LogP contribution >= 0.6 is 0 Å². The summed E-state index contributed by atoms with van der Waals surface area (Å²) in [5.74, 6) is 0.708. The van der Waals surface area contributed by atoms with E-state index in [-0.39, 0.29) is 0 Å². The van der Waals surface area contributed by atoms with Gasteiger partial charge >= 0.3 is 0 Å². The van der Waals surface area contributed by atoms with Crippen molar-refractivity contribution < 1.29 is 4.42 Å². The van der Waals surface area contributed by atoms with Gasteiger partial charge in [-0.2, -0.15) is 0 Å². The monoisotopic (exact) mass is 626 g/mol. The van der Waals surface area contributed by atoms with Gasteiger partial charge in [0.1, 0.15) is 11.2 Å². The number of fused-ring (bicyclic) bond motifs is 3. The molecule has 9 rings (SSSR count). The molecule has 0 aliphatic rings. The van der Waals surface area contributed by atoms with Gasteiger partial charge in [-0.1, -0.05) is 164 Å². The zero-order chi connectivity index (χ0) is 32.6. The number of para-hydroxylation sites is 1. The van der Waals surface area contributed by atoms with Crippen LogP contribution < -0.4 is 0 Å². The lowest BCUT2D eigenvalue weighted by Crippen LogP contribution is -1.96. The molecule has 0 unspecified atom stereocenters. The van der Waals surface area contributed by atoms with Gasteiger partial charge in [-0.3, -0.25) is 0 Å². The molecule has 7 aromatic carbocycles. The first kappa shape index (κ1) is 28.6. The van der Waals surface area contributed by atoms with E-state index in [1.165, 1.54) is 11.1 Å². The van der Waals surface area contributed by atoms with E-state index in [9.17, 15) is 0 Å². The van der Waals surface area contributed by atoms with Crippen molar-refractivity contribution in [3.05, 3.63) is 182 Å². The molecule has 230 valence electrons. The minimum absolute atomic E-state index is 0.708. The Morgan fingerprint density at radius 3 is 1.51 bits per heavy atom. The van der Waals surface area contributed by atoms with Crippen LogP contribution in [0.5, 0.6) is 0 Å². The van der Waals surface area contributed by atoms with Crippen LogP contribution in [0.1, 0.15) is 0 Å². The highest BCUT2D eigenvalue weighted by Crippen LogP contribution is 2.43. The molecule has 2 aromatic heterocycles. The molecule has 3 heteroatoms. The molecule has 3 nitrogen and oxygen atoms in total. The molecule has 0 bridgehead atoms. The Morgan fingerprint density at radius 1 is 0.347 bits per heavy atom. The molecule has 9 aromatic rings. The van der Waals surface area contributed by atoms with Crippen molar-refractivity contribution >= 4 is 21.9 Å². The Balaban J connectivity index is 1.18. The molecular weight excluding hydrogens is 597 g/mol. The van der Waals surface area contributed by atoms with Crippen LogP contribution in [0.2, 0.25) is 0 Å². The first-order chi connectivity index (χ1) is 24.3. The topological polar surface area (TPSA) is 38.9 Å². The van der Waals surface area contributed by atoms with Crippen molar-refractivity contribution in [2.24, 2.45) is 0 Å². The third-order valence-electron chi connectivity index (χ3n) is 9.14. The van der Waals surface area contributed by atoms with Crippen molar-refractivity contribution in [1.29, 1.82) is 0 Å². The zero-order valence-electron chi connectivity index (χ0n) is 26.6. The van der Waals surface area contributed by atoms with E-state index in [4.69, 9.17) is 14.4 Å². The number of benzene rings is 7. The highest BCUT2D eigenvalue weighted by molar-refractivity contribution is 6.16. The largest absolute Gasteiger partial charge is 0.456 e. The summed E-state index contributed by atoms with van der Waals surface area (Å²) in [4.78, 5) is 10.0. The molecule has 0 fully saturated rings. The van der Waals surface area contributed by atoms with Gasteiger partial charge in [0, 0.05) is 33.0 Å². The molecule has 0 saturated carbocycles. The molecule has 0 N–H and O–H groups in total. The second-order valence-electron chi connectivity index (χ2n) is 12.2. The second-order valence-corrected chi connectivity index (χ2v) is 12.2. The predicted octanol–water partition coefficient (Wildman–Crippen LogP) is 12.4. The number of hydrogen-bond donors (Lipinski definition) is 0. The summed E-state index contributed by atoms with van der Waals surface area (Å²) < 4.78 is 6.36. The van der Waals surface area contributed by atoms with Gasteiger partial charge in [0.25, 0.3) is 0 Å². The Kier molecular flexibility index (Phi) is 7.14. The average Bonchev–Trinajstić information content (AvgIpc) is 3.57. The van der Waals surface area contributed by atoms with Gasteiger partial charge in [0.15, 0.2) is 5.82 Å². The average molecular weight is 627 g/mol. The fraction of sp³-hybridized carbons (Fsp3) is 0. The summed E-state index contributed by atoms with van der Waals surface area (Å²) in [6, 6.07) is 63.3. The number of aromatic nitrogens is 2. The van der Waals surface area contributed by atoms with E-state index in [0.717, 1.165) is 72.3 Å².